The van der Waals surface area contributed by atoms with Gasteiger partial charge in [-0.05, 0) is 19.1 Å². The molecule has 0 aromatic heterocycles. The lowest BCUT2D eigenvalue weighted by Gasteiger charge is -2.09. The van der Waals surface area contributed by atoms with Gasteiger partial charge in [-0.25, -0.2) is 0 Å². The average molecular weight is 264 g/mol. The van der Waals surface area contributed by atoms with E-state index in [0.29, 0.717) is 5.56 Å². The van der Waals surface area contributed by atoms with Crippen LogP contribution in [0.5, 0.6) is 0 Å². The predicted octanol–water partition coefficient (Wildman–Crippen LogP) is 0.396. The minimum atomic E-state index is -1.10. The van der Waals surface area contributed by atoms with E-state index < -0.39 is 17.9 Å². The molecule has 1 unspecified atom stereocenters. The number of hydrogen-bond donors (Lipinski definition) is 3. The first-order valence-corrected chi connectivity index (χ1v) is 5.86. The zero-order chi connectivity index (χ0) is 14.3. The minimum absolute atomic E-state index is 0.0379. The summed E-state index contributed by atoms with van der Waals surface area (Å²) in [5.74, 6) is -1.77. The summed E-state index contributed by atoms with van der Waals surface area (Å²) in [4.78, 5) is 33.5. The fourth-order valence-corrected chi connectivity index (χ4v) is 1.36. The van der Waals surface area contributed by atoms with Crippen LogP contribution in [0.4, 0.5) is 0 Å². The van der Waals surface area contributed by atoms with Crippen LogP contribution in [0, 0.1) is 0 Å². The van der Waals surface area contributed by atoms with Crippen LogP contribution >= 0.6 is 0 Å². The number of carbonyl (C=O) groups excluding carboxylic acids is 2. The van der Waals surface area contributed by atoms with Crippen molar-refractivity contribution in [2.45, 2.75) is 19.4 Å². The number of carbonyl (C=O) groups is 3. The first-order valence-electron chi connectivity index (χ1n) is 5.86. The van der Waals surface area contributed by atoms with Crippen LogP contribution in [-0.4, -0.2) is 35.5 Å². The molecular weight excluding hydrogens is 248 g/mol. The van der Waals surface area contributed by atoms with Gasteiger partial charge in [0.25, 0.3) is 5.91 Å². The van der Waals surface area contributed by atoms with Gasteiger partial charge in [-0.15, -0.1) is 0 Å². The van der Waals surface area contributed by atoms with Gasteiger partial charge >= 0.3 is 5.97 Å². The summed E-state index contributed by atoms with van der Waals surface area (Å²) in [6.45, 7) is 1.54. The van der Waals surface area contributed by atoms with Crippen molar-refractivity contribution >= 4 is 17.8 Å². The molecule has 1 rings (SSSR count). The van der Waals surface area contributed by atoms with E-state index >= 15 is 0 Å². The summed E-state index contributed by atoms with van der Waals surface area (Å²) in [6.07, 6.45) is 0.0379. The molecular formula is C13H16N2O4. The molecule has 0 saturated carbocycles. The summed E-state index contributed by atoms with van der Waals surface area (Å²) in [6, 6.07) is 7.70. The van der Waals surface area contributed by atoms with E-state index in [9.17, 15) is 14.4 Å². The fourth-order valence-electron chi connectivity index (χ4n) is 1.36. The lowest BCUT2D eigenvalue weighted by Crippen LogP contribution is -2.39. The summed E-state index contributed by atoms with van der Waals surface area (Å²) >= 11 is 0. The topological polar surface area (TPSA) is 95.5 Å². The average Bonchev–Trinajstić information content (AvgIpc) is 2.39. The molecule has 6 heteroatoms. The third kappa shape index (κ3) is 5.20. The summed E-state index contributed by atoms with van der Waals surface area (Å²) in [5, 5.41) is 13.5. The number of carboxylic acid groups (broad SMARTS) is 1. The second kappa shape index (κ2) is 7.15. The van der Waals surface area contributed by atoms with E-state index in [1.54, 1.807) is 30.3 Å². The van der Waals surface area contributed by atoms with Crippen molar-refractivity contribution < 1.29 is 19.5 Å². The SMILES string of the molecule is CC(NC(=O)CCNC(=O)c1ccccc1)C(=O)O. The highest BCUT2D eigenvalue weighted by Crippen LogP contribution is 1.97. The first kappa shape index (κ1) is 14.7. The summed E-state index contributed by atoms with van der Waals surface area (Å²) < 4.78 is 0. The van der Waals surface area contributed by atoms with Crippen molar-refractivity contribution in [2.75, 3.05) is 6.54 Å². The summed E-state index contributed by atoms with van der Waals surface area (Å²) in [7, 11) is 0. The summed E-state index contributed by atoms with van der Waals surface area (Å²) in [5.41, 5.74) is 0.516. The zero-order valence-electron chi connectivity index (χ0n) is 10.6. The molecule has 1 aromatic rings. The Kier molecular flexibility index (Phi) is 5.53. The van der Waals surface area contributed by atoms with Crippen molar-refractivity contribution in [2.24, 2.45) is 0 Å². The molecule has 0 radical (unpaired) electrons. The molecule has 1 atom stereocenters. The van der Waals surface area contributed by atoms with Crippen molar-refractivity contribution in [3.05, 3.63) is 35.9 Å². The molecule has 0 bridgehead atoms. The zero-order valence-corrected chi connectivity index (χ0v) is 10.6. The van der Waals surface area contributed by atoms with Crippen molar-refractivity contribution in [1.82, 2.24) is 10.6 Å². The van der Waals surface area contributed by atoms with Gasteiger partial charge in [0.05, 0.1) is 0 Å². The van der Waals surface area contributed by atoms with Crippen molar-refractivity contribution in [3.8, 4) is 0 Å². The Balaban J connectivity index is 2.29. The lowest BCUT2D eigenvalue weighted by atomic mass is 10.2. The van der Waals surface area contributed by atoms with Gasteiger partial charge in [0.2, 0.25) is 5.91 Å². The van der Waals surface area contributed by atoms with E-state index in [2.05, 4.69) is 10.6 Å². The number of aliphatic carboxylic acids is 1. The van der Waals surface area contributed by atoms with Gasteiger partial charge in [-0.3, -0.25) is 14.4 Å². The van der Waals surface area contributed by atoms with E-state index in [-0.39, 0.29) is 18.9 Å². The van der Waals surface area contributed by atoms with Crippen LogP contribution in [0.3, 0.4) is 0 Å². The number of nitrogens with one attached hydrogen (secondary N) is 2. The van der Waals surface area contributed by atoms with Crippen LogP contribution in [0.15, 0.2) is 30.3 Å². The van der Waals surface area contributed by atoms with Crippen LogP contribution in [0.25, 0.3) is 0 Å². The van der Waals surface area contributed by atoms with E-state index in [0.717, 1.165) is 0 Å². The molecule has 3 N–H and O–H groups in total. The quantitative estimate of drug-likeness (QED) is 0.693. The van der Waals surface area contributed by atoms with Gasteiger partial charge in [-0.2, -0.15) is 0 Å². The number of rotatable bonds is 6. The van der Waals surface area contributed by atoms with E-state index in [1.165, 1.54) is 6.92 Å². The molecule has 19 heavy (non-hydrogen) atoms. The number of carboxylic acids is 1. The Morgan fingerprint density at radius 3 is 2.42 bits per heavy atom. The standard InChI is InChI=1S/C13H16N2O4/c1-9(13(18)19)15-11(16)7-8-14-12(17)10-5-3-2-4-6-10/h2-6,9H,7-8H2,1H3,(H,14,17)(H,15,16)(H,18,19). The van der Waals surface area contributed by atoms with Crippen LogP contribution in [0.2, 0.25) is 0 Å². The fraction of sp³-hybridized carbons (Fsp3) is 0.308. The van der Waals surface area contributed by atoms with E-state index in [1.807, 2.05) is 0 Å². The van der Waals surface area contributed by atoms with E-state index in [4.69, 9.17) is 5.11 Å². The molecule has 0 aliphatic rings. The highest BCUT2D eigenvalue weighted by molar-refractivity contribution is 5.94. The maximum absolute atomic E-state index is 11.6. The number of hydrogen-bond acceptors (Lipinski definition) is 3. The second-order valence-corrected chi connectivity index (χ2v) is 4.00. The Hall–Kier alpha value is -2.37. The molecule has 0 aliphatic carbocycles. The predicted molar refractivity (Wildman–Crippen MR) is 68.6 cm³/mol. The Labute approximate surface area is 110 Å². The molecule has 2 amide bonds. The third-order valence-corrected chi connectivity index (χ3v) is 2.42. The molecule has 1 aromatic carbocycles. The monoisotopic (exact) mass is 264 g/mol. The molecule has 0 fully saturated rings. The maximum atomic E-state index is 11.6. The smallest absolute Gasteiger partial charge is 0.325 e. The third-order valence-electron chi connectivity index (χ3n) is 2.42. The van der Waals surface area contributed by atoms with Crippen LogP contribution in [-0.2, 0) is 9.59 Å². The maximum Gasteiger partial charge on any atom is 0.325 e. The highest BCUT2D eigenvalue weighted by atomic mass is 16.4. The Morgan fingerprint density at radius 1 is 1.21 bits per heavy atom. The lowest BCUT2D eigenvalue weighted by molar-refractivity contribution is -0.141. The second-order valence-electron chi connectivity index (χ2n) is 4.00. The largest absolute Gasteiger partial charge is 0.480 e. The molecule has 0 aliphatic heterocycles. The van der Waals surface area contributed by atoms with Gasteiger partial charge in [-0.1, -0.05) is 18.2 Å². The van der Waals surface area contributed by atoms with Gasteiger partial charge < -0.3 is 15.7 Å². The molecule has 6 nitrogen and oxygen atoms in total. The Bertz CT molecular complexity index is 459. The van der Waals surface area contributed by atoms with Crippen LogP contribution < -0.4 is 10.6 Å². The van der Waals surface area contributed by atoms with Crippen molar-refractivity contribution in [3.63, 3.8) is 0 Å². The highest BCUT2D eigenvalue weighted by Gasteiger charge is 2.13. The number of benzene rings is 1. The first-order chi connectivity index (χ1) is 9.00. The van der Waals surface area contributed by atoms with Crippen molar-refractivity contribution in [1.29, 1.82) is 0 Å². The normalized spacial score (nSPS) is 11.4. The van der Waals surface area contributed by atoms with Crippen LogP contribution in [0.1, 0.15) is 23.7 Å². The minimum Gasteiger partial charge on any atom is -0.480 e. The molecule has 0 saturated heterocycles. The Morgan fingerprint density at radius 2 is 1.84 bits per heavy atom. The van der Waals surface area contributed by atoms with Gasteiger partial charge in [0.15, 0.2) is 0 Å². The molecule has 0 spiro atoms. The number of amides is 2. The van der Waals surface area contributed by atoms with Gasteiger partial charge in [0.1, 0.15) is 6.04 Å². The molecule has 102 valence electrons. The molecule has 0 heterocycles. The van der Waals surface area contributed by atoms with Gasteiger partial charge in [0, 0.05) is 18.5 Å².